The van der Waals surface area contributed by atoms with Crippen LogP contribution in [0.3, 0.4) is 0 Å². The second-order valence-electron chi connectivity index (χ2n) is 2.16. The van der Waals surface area contributed by atoms with Crippen molar-refractivity contribution in [3.05, 3.63) is 11.1 Å². The third-order valence-corrected chi connectivity index (χ3v) is 1.64. The van der Waals surface area contributed by atoms with E-state index in [2.05, 4.69) is 0 Å². The molecule has 1 aliphatic rings. The van der Waals surface area contributed by atoms with Crippen LogP contribution in [0.1, 0.15) is 20.3 Å². The van der Waals surface area contributed by atoms with Gasteiger partial charge in [-0.2, -0.15) is 0 Å². The van der Waals surface area contributed by atoms with Crippen LogP contribution in [0, 0.1) is 0 Å². The molecular weight excluding hydrogens is 116 g/mol. The fraction of sp³-hybridized carbons (Fsp3) is 0.571. The minimum atomic E-state index is -0.146. The van der Waals surface area contributed by atoms with Gasteiger partial charge in [0.2, 0.25) is 0 Å². The van der Waals surface area contributed by atoms with Crippen molar-refractivity contribution in [2.75, 3.05) is 6.61 Å². The summed E-state index contributed by atoms with van der Waals surface area (Å²) in [5.41, 5.74) is 1.94. The van der Waals surface area contributed by atoms with Gasteiger partial charge in [-0.3, -0.25) is 0 Å². The molecule has 0 amide bonds. The fourth-order valence-electron chi connectivity index (χ4n) is 0.881. The Kier molecular flexibility index (Phi) is 1.56. The Bertz CT molecular complexity index is 168. The molecule has 0 bridgehead atoms. The van der Waals surface area contributed by atoms with Crippen LogP contribution in [0.5, 0.6) is 0 Å². The minimum Gasteiger partial charge on any atom is -0.458 e. The fourth-order valence-corrected chi connectivity index (χ4v) is 0.881. The summed E-state index contributed by atoms with van der Waals surface area (Å²) in [4.78, 5) is 10.7. The predicted octanol–water partition coefficient (Wildman–Crippen LogP) is 1.27. The highest BCUT2D eigenvalue weighted by Crippen LogP contribution is 2.16. The van der Waals surface area contributed by atoms with Crippen molar-refractivity contribution in [3.63, 3.8) is 0 Å². The lowest BCUT2D eigenvalue weighted by Crippen LogP contribution is -1.94. The Labute approximate surface area is 54.5 Å². The lowest BCUT2D eigenvalue weighted by Gasteiger charge is -1.90. The molecule has 0 fully saturated rings. The minimum absolute atomic E-state index is 0.146. The predicted molar refractivity (Wildman–Crippen MR) is 33.9 cm³/mol. The van der Waals surface area contributed by atoms with E-state index >= 15 is 0 Å². The third kappa shape index (κ3) is 0.969. The molecule has 0 N–H and O–H groups in total. The second kappa shape index (κ2) is 2.21. The first-order valence-electron chi connectivity index (χ1n) is 3.11. The van der Waals surface area contributed by atoms with Crippen LogP contribution in [0.2, 0.25) is 0 Å². The van der Waals surface area contributed by atoms with Gasteiger partial charge in [0.05, 0.1) is 0 Å². The van der Waals surface area contributed by atoms with E-state index in [0.717, 1.165) is 17.6 Å². The highest BCUT2D eigenvalue weighted by Gasteiger charge is 2.18. The molecule has 0 saturated heterocycles. The molecule has 1 heterocycles. The van der Waals surface area contributed by atoms with Crippen molar-refractivity contribution < 1.29 is 9.53 Å². The summed E-state index contributed by atoms with van der Waals surface area (Å²) in [6, 6.07) is 0. The molecule has 9 heavy (non-hydrogen) atoms. The molecule has 2 heteroatoms. The first-order chi connectivity index (χ1) is 4.25. The zero-order valence-electron chi connectivity index (χ0n) is 5.73. The van der Waals surface area contributed by atoms with E-state index < -0.39 is 0 Å². The van der Waals surface area contributed by atoms with Crippen molar-refractivity contribution in [1.29, 1.82) is 0 Å². The standard InChI is InChI=1S/C7H10O2/c1-3-6-4-9-7(8)5(6)2/h3-4H2,1-2H3. The number of hydrogen-bond donors (Lipinski definition) is 0. The van der Waals surface area contributed by atoms with Crippen LogP contribution < -0.4 is 0 Å². The van der Waals surface area contributed by atoms with E-state index in [1.165, 1.54) is 0 Å². The van der Waals surface area contributed by atoms with Gasteiger partial charge in [-0.25, -0.2) is 4.79 Å². The van der Waals surface area contributed by atoms with Gasteiger partial charge in [0.15, 0.2) is 0 Å². The van der Waals surface area contributed by atoms with Crippen molar-refractivity contribution in [2.24, 2.45) is 0 Å². The summed E-state index contributed by atoms with van der Waals surface area (Å²) in [6.07, 6.45) is 0.928. The van der Waals surface area contributed by atoms with Crippen LogP contribution in [0.15, 0.2) is 11.1 Å². The van der Waals surface area contributed by atoms with Gasteiger partial charge in [0.25, 0.3) is 0 Å². The topological polar surface area (TPSA) is 26.3 Å². The highest BCUT2D eigenvalue weighted by atomic mass is 16.5. The van der Waals surface area contributed by atoms with E-state index in [9.17, 15) is 4.79 Å². The maximum Gasteiger partial charge on any atom is 0.334 e. The average molecular weight is 126 g/mol. The number of rotatable bonds is 1. The van der Waals surface area contributed by atoms with E-state index in [1.807, 2.05) is 13.8 Å². The number of hydrogen-bond acceptors (Lipinski definition) is 2. The van der Waals surface area contributed by atoms with Crippen LogP contribution in [-0.4, -0.2) is 12.6 Å². The zero-order valence-corrected chi connectivity index (χ0v) is 5.73. The van der Waals surface area contributed by atoms with Gasteiger partial charge in [0, 0.05) is 5.57 Å². The van der Waals surface area contributed by atoms with E-state index in [1.54, 1.807) is 0 Å². The highest BCUT2D eigenvalue weighted by molar-refractivity contribution is 5.90. The van der Waals surface area contributed by atoms with Crippen LogP contribution in [-0.2, 0) is 9.53 Å². The van der Waals surface area contributed by atoms with Crippen LogP contribution in [0.25, 0.3) is 0 Å². The summed E-state index contributed by atoms with van der Waals surface area (Å²) in [5, 5.41) is 0. The molecule has 50 valence electrons. The van der Waals surface area contributed by atoms with Gasteiger partial charge in [0.1, 0.15) is 6.61 Å². The number of cyclic esters (lactones) is 1. The summed E-state index contributed by atoms with van der Waals surface area (Å²) in [7, 11) is 0. The van der Waals surface area contributed by atoms with E-state index in [0.29, 0.717) is 6.61 Å². The number of carbonyl (C=O) groups excluding carboxylic acids is 1. The third-order valence-electron chi connectivity index (χ3n) is 1.64. The van der Waals surface area contributed by atoms with E-state index in [-0.39, 0.29) is 5.97 Å². The Morgan fingerprint density at radius 2 is 2.33 bits per heavy atom. The summed E-state index contributed by atoms with van der Waals surface area (Å²) in [5.74, 6) is -0.146. The summed E-state index contributed by atoms with van der Waals surface area (Å²) in [6.45, 7) is 4.36. The smallest absolute Gasteiger partial charge is 0.334 e. The largest absolute Gasteiger partial charge is 0.458 e. The number of ether oxygens (including phenoxy) is 1. The molecule has 0 aromatic rings. The number of carbonyl (C=O) groups is 1. The van der Waals surface area contributed by atoms with Crippen molar-refractivity contribution in [3.8, 4) is 0 Å². The quantitative estimate of drug-likeness (QED) is 0.494. The lowest BCUT2D eigenvalue weighted by molar-refractivity contribution is -0.135. The Morgan fingerprint density at radius 1 is 1.67 bits per heavy atom. The Morgan fingerprint density at radius 3 is 2.56 bits per heavy atom. The lowest BCUT2D eigenvalue weighted by atomic mass is 10.1. The number of esters is 1. The maximum absolute atomic E-state index is 10.7. The molecule has 0 aromatic carbocycles. The maximum atomic E-state index is 10.7. The van der Waals surface area contributed by atoms with Gasteiger partial charge < -0.3 is 4.74 Å². The van der Waals surface area contributed by atoms with Crippen molar-refractivity contribution in [2.45, 2.75) is 20.3 Å². The molecule has 0 aromatic heterocycles. The summed E-state index contributed by atoms with van der Waals surface area (Å²) < 4.78 is 4.76. The molecular formula is C7H10O2. The molecule has 0 spiro atoms. The molecule has 1 rings (SSSR count). The molecule has 0 radical (unpaired) electrons. The Balaban J connectivity index is 2.79. The van der Waals surface area contributed by atoms with Crippen LogP contribution >= 0.6 is 0 Å². The molecule has 0 unspecified atom stereocenters. The van der Waals surface area contributed by atoms with Gasteiger partial charge >= 0.3 is 5.97 Å². The first-order valence-corrected chi connectivity index (χ1v) is 3.11. The second-order valence-corrected chi connectivity index (χ2v) is 2.16. The summed E-state index contributed by atoms with van der Waals surface area (Å²) >= 11 is 0. The van der Waals surface area contributed by atoms with Gasteiger partial charge in [-0.1, -0.05) is 6.92 Å². The monoisotopic (exact) mass is 126 g/mol. The first kappa shape index (κ1) is 6.33. The van der Waals surface area contributed by atoms with E-state index in [4.69, 9.17) is 4.74 Å². The normalized spacial score (nSPS) is 18.7. The van der Waals surface area contributed by atoms with Crippen molar-refractivity contribution >= 4 is 5.97 Å². The van der Waals surface area contributed by atoms with Gasteiger partial charge in [-0.05, 0) is 18.9 Å². The van der Waals surface area contributed by atoms with Crippen molar-refractivity contribution in [1.82, 2.24) is 0 Å². The molecule has 1 aliphatic heterocycles. The molecule has 0 aliphatic carbocycles. The SMILES string of the molecule is CCC1=C(C)C(=O)OC1. The van der Waals surface area contributed by atoms with Crippen LogP contribution in [0.4, 0.5) is 0 Å². The molecule has 2 nitrogen and oxygen atoms in total. The Hall–Kier alpha value is -0.790. The average Bonchev–Trinajstić information content (AvgIpc) is 2.15. The molecule has 0 saturated carbocycles. The molecule has 0 atom stereocenters. The zero-order chi connectivity index (χ0) is 6.85. The van der Waals surface area contributed by atoms with Gasteiger partial charge in [-0.15, -0.1) is 0 Å².